The summed E-state index contributed by atoms with van der Waals surface area (Å²) in [6.07, 6.45) is 0. The summed E-state index contributed by atoms with van der Waals surface area (Å²) >= 11 is 1.68. The maximum atomic E-state index is 6.05. The molecular weight excluding hydrogens is 410 g/mol. The lowest BCUT2D eigenvalue weighted by atomic mass is 10.2. The Bertz CT molecular complexity index is 1290. The molecule has 0 atom stereocenters. The van der Waals surface area contributed by atoms with Crippen LogP contribution in [0.25, 0.3) is 21.2 Å². The van der Waals surface area contributed by atoms with Gasteiger partial charge in [0, 0.05) is 10.9 Å². The number of rotatable bonds is 6. The summed E-state index contributed by atoms with van der Waals surface area (Å²) in [4.78, 5) is 6.15. The van der Waals surface area contributed by atoms with Gasteiger partial charge >= 0.3 is 0 Å². The summed E-state index contributed by atoms with van der Waals surface area (Å²) in [6.45, 7) is 6.46. The average Bonchev–Trinajstić information content (AvgIpc) is 3.36. The minimum Gasteiger partial charge on any atom is -0.497 e. The Morgan fingerprint density at radius 3 is 2.42 bits per heavy atom. The first kappa shape index (κ1) is 21.0. The Labute approximate surface area is 185 Å². The number of fused-ring (bicyclic) bond motifs is 1. The van der Waals surface area contributed by atoms with Crippen LogP contribution in [0.2, 0.25) is 0 Å². The van der Waals surface area contributed by atoms with Crippen LogP contribution in [0.3, 0.4) is 0 Å². The van der Waals surface area contributed by atoms with Gasteiger partial charge in [-0.15, -0.1) is 11.3 Å². The molecule has 4 aromatic rings. The molecule has 0 unspecified atom stereocenters. The lowest BCUT2D eigenvalue weighted by Gasteiger charge is -2.06. The third kappa shape index (κ3) is 4.03. The van der Waals surface area contributed by atoms with Crippen molar-refractivity contribution in [2.75, 3.05) is 20.8 Å². The zero-order valence-electron chi connectivity index (χ0n) is 18.3. The van der Waals surface area contributed by atoms with Crippen LogP contribution in [0.15, 0.2) is 57.3 Å². The molecule has 160 valence electrons. The van der Waals surface area contributed by atoms with Crippen LogP contribution >= 0.6 is 11.3 Å². The maximum Gasteiger partial charge on any atom is 0.148 e. The van der Waals surface area contributed by atoms with Gasteiger partial charge in [-0.05, 0) is 62.0 Å². The Morgan fingerprint density at radius 1 is 0.935 bits per heavy atom. The molecule has 0 radical (unpaired) electrons. The van der Waals surface area contributed by atoms with Crippen LogP contribution in [-0.2, 0) is 0 Å². The van der Waals surface area contributed by atoms with Crippen LogP contribution in [0.1, 0.15) is 18.4 Å². The molecule has 6 heteroatoms. The summed E-state index contributed by atoms with van der Waals surface area (Å²) in [5.41, 5.74) is 1.75. The average molecular weight is 436 g/mol. The molecule has 5 nitrogen and oxygen atoms in total. The largest absolute Gasteiger partial charge is 0.497 e. The fraction of sp³-hybridized carbons (Fsp3) is 0.240. The molecule has 2 heterocycles. The van der Waals surface area contributed by atoms with Gasteiger partial charge in [0.1, 0.15) is 34.5 Å². The van der Waals surface area contributed by atoms with Crippen molar-refractivity contribution in [3.05, 3.63) is 64.7 Å². The number of hydrogen-bond donors (Lipinski definition) is 0. The van der Waals surface area contributed by atoms with Crippen molar-refractivity contribution in [1.82, 2.24) is 0 Å². The summed E-state index contributed by atoms with van der Waals surface area (Å²) < 4.78 is 23.0. The van der Waals surface area contributed by atoms with Gasteiger partial charge in [-0.25, -0.2) is 4.99 Å². The third-order valence-electron chi connectivity index (χ3n) is 5.07. The second-order valence-corrected chi connectivity index (χ2v) is 7.97. The highest BCUT2D eigenvalue weighted by Gasteiger charge is 2.16. The van der Waals surface area contributed by atoms with Crippen molar-refractivity contribution in [2.45, 2.75) is 20.8 Å². The fourth-order valence-electron chi connectivity index (χ4n) is 3.71. The van der Waals surface area contributed by atoms with Crippen LogP contribution in [0.4, 0.5) is 5.69 Å². The standard InChI is InChI=1S/C25H25NO4S/c1-6-29-22-13-17(23-8-7-11-31-23)12-20(24-15(2)30-16(3)25(22)24)26-19-10-9-18(27-4)14-21(19)28-5/h7-14H,6H2,1-5H3. The Balaban J connectivity index is 2.12. The predicted octanol–water partition coefficient (Wildman–Crippen LogP) is 6.43. The van der Waals surface area contributed by atoms with Crippen molar-refractivity contribution in [1.29, 1.82) is 0 Å². The number of thiophene rings is 1. The molecular formula is C25H25NO4S. The van der Waals surface area contributed by atoms with Crippen molar-refractivity contribution in [3.63, 3.8) is 0 Å². The second kappa shape index (κ2) is 8.86. The van der Waals surface area contributed by atoms with Crippen molar-refractivity contribution in [2.24, 2.45) is 4.99 Å². The Morgan fingerprint density at radius 2 is 1.74 bits per heavy atom. The van der Waals surface area contributed by atoms with Gasteiger partial charge in [0.05, 0.1) is 37.0 Å². The molecule has 4 rings (SSSR count). The van der Waals surface area contributed by atoms with Crippen molar-refractivity contribution >= 4 is 27.8 Å². The molecule has 0 aliphatic heterocycles. The van der Waals surface area contributed by atoms with E-state index in [4.69, 9.17) is 23.6 Å². The van der Waals surface area contributed by atoms with Gasteiger partial charge in [0.2, 0.25) is 0 Å². The molecule has 0 aliphatic carbocycles. The molecule has 0 bridgehead atoms. The van der Waals surface area contributed by atoms with Crippen LogP contribution in [0.5, 0.6) is 17.2 Å². The lowest BCUT2D eigenvalue weighted by Crippen LogP contribution is -2.00. The monoisotopic (exact) mass is 435 g/mol. The molecule has 0 N–H and O–H groups in total. The number of nitrogens with zero attached hydrogens (tertiary/aromatic N) is 1. The third-order valence-corrected chi connectivity index (χ3v) is 5.99. The summed E-state index contributed by atoms with van der Waals surface area (Å²) in [5.74, 6) is 3.75. The van der Waals surface area contributed by atoms with Gasteiger partial charge in [-0.3, -0.25) is 0 Å². The lowest BCUT2D eigenvalue weighted by molar-refractivity contribution is 0.344. The molecule has 0 spiro atoms. The fourth-order valence-corrected chi connectivity index (χ4v) is 4.43. The zero-order valence-corrected chi connectivity index (χ0v) is 19.1. The number of ether oxygens (including phenoxy) is 3. The summed E-state index contributed by atoms with van der Waals surface area (Å²) in [7, 11) is 3.26. The highest BCUT2D eigenvalue weighted by atomic mass is 32.1. The smallest absolute Gasteiger partial charge is 0.148 e. The van der Waals surface area contributed by atoms with Crippen molar-refractivity contribution < 1.29 is 18.6 Å². The van der Waals surface area contributed by atoms with E-state index in [0.717, 1.165) is 43.8 Å². The summed E-state index contributed by atoms with van der Waals surface area (Å²) in [5, 5.41) is 4.73. The van der Waals surface area contributed by atoms with E-state index in [1.54, 1.807) is 25.6 Å². The van der Waals surface area contributed by atoms with E-state index in [1.807, 2.05) is 45.0 Å². The van der Waals surface area contributed by atoms with E-state index >= 15 is 0 Å². The van der Waals surface area contributed by atoms with Gasteiger partial charge in [0.15, 0.2) is 0 Å². The molecule has 31 heavy (non-hydrogen) atoms. The first-order chi connectivity index (χ1) is 15.0. The van der Waals surface area contributed by atoms with E-state index in [2.05, 4.69) is 23.6 Å². The predicted molar refractivity (Wildman–Crippen MR) is 125 cm³/mol. The highest BCUT2D eigenvalue weighted by Crippen LogP contribution is 2.36. The quantitative estimate of drug-likeness (QED) is 0.350. The maximum absolute atomic E-state index is 6.05. The van der Waals surface area contributed by atoms with Crippen LogP contribution < -0.4 is 19.6 Å². The van der Waals surface area contributed by atoms with Crippen molar-refractivity contribution in [3.8, 4) is 27.7 Å². The molecule has 2 aromatic heterocycles. The zero-order chi connectivity index (χ0) is 22.0. The van der Waals surface area contributed by atoms with E-state index in [-0.39, 0.29) is 0 Å². The van der Waals surface area contributed by atoms with Gasteiger partial charge in [-0.1, -0.05) is 6.07 Å². The number of methoxy groups -OCH3 is 2. The molecule has 0 fully saturated rings. The van der Waals surface area contributed by atoms with Gasteiger partial charge in [0.25, 0.3) is 0 Å². The Kier molecular flexibility index (Phi) is 6.00. The second-order valence-electron chi connectivity index (χ2n) is 7.02. The van der Waals surface area contributed by atoms with Crippen LogP contribution in [0, 0.1) is 13.8 Å². The Hall–Kier alpha value is -3.25. The van der Waals surface area contributed by atoms with E-state index in [1.165, 1.54) is 0 Å². The topological polar surface area (TPSA) is 53.2 Å². The molecule has 2 aromatic carbocycles. The van der Waals surface area contributed by atoms with E-state index in [0.29, 0.717) is 23.8 Å². The molecule has 0 saturated heterocycles. The van der Waals surface area contributed by atoms with E-state index in [9.17, 15) is 0 Å². The first-order valence-electron chi connectivity index (χ1n) is 10.1. The normalized spacial score (nSPS) is 11.7. The minimum absolute atomic E-state index is 0.561. The number of hydrogen-bond acceptors (Lipinski definition) is 6. The summed E-state index contributed by atoms with van der Waals surface area (Å²) in [6, 6.07) is 13.9. The molecule has 0 aliphatic rings. The highest BCUT2D eigenvalue weighted by molar-refractivity contribution is 7.13. The van der Waals surface area contributed by atoms with Gasteiger partial charge in [-0.2, -0.15) is 0 Å². The molecule has 0 saturated carbocycles. The minimum atomic E-state index is 0.561. The first-order valence-corrected chi connectivity index (χ1v) is 10.9. The SMILES string of the molecule is CCOc1cc(-c2cccs2)cc(=Nc2ccc(OC)cc2OC)c2c(C)oc(C)c12. The van der Waals surface area contributed by atoms with E-state index < -0.39 is 0 Å². The molecule has 0 amide bonds. The van der Waals surface area contributed by atoms with Gasteiger partial charge < -0.3 is 18.6 Å². The number of aryl methyl sites for hydroxylation is 2. The number of furan rings is 1. The number of benzene rings is 1. The van der Waals surface area contributed by atoms with Crippen LogP contribution in [-0.4, -0.2) is 20.8 Å².